The minimum absolute atomic E-state index is 0.0679. The van der Waals surface area contributed by atoms with Crippen molar-refractivity contribution in [3.05, 3.63) is 75.4 Å². The Balaban J connectivity index is 1.52. The first-order chi connectivity index (χ1) is 14.9. The zero-order valence-corrected chi connectivity index (χ0v) is 18.5. The van der Waals surface area contributed by atoms with Crippen molar-refractivity contribution in [2.75, 3.05) is 11.1 Å². The number of aromatic amines is 1. The largest absolute Gasteiger partial charge is 0.325 e. The number of anilines is 1. The van der Waals surface area contributed by atoms with Crippen LogP contribution in [0, 0.1) is 6.92 Å². The van der Waals surface area contributed by atoms with Crippen molar-refractivity contribution < 1.29 is 9.59 Å². The Kier molecular flexibility index (Phi) is 6.01. The Morgan fingerprint density at radius 2 is 1.90 bits per heavy atom. The Labute approximate surface area is 186 Å². The molecular formula is C23H19N3O3S2. The van der Waals surface area contributed by atoms with Crippen molar-refractivity contribution >= 4 is 50.7 Å². The van der Waals surface area contributed by atoms with Crippen LogP contribution in [0.15, 0.2) is 64.5 Å². The molecule has 8 heteroatoms. The second kappa shape index (κ2) is 8.87. The quantitative estimate of drug-likeness (QED) is 0.248. The first-order valence-electron chi connectivity index (χ1n) is 9.55. The van der Waals surface area contributed by atoms with Crippen LogP contribution in [0.3, 0.4) is 0 Å². The van der Waals surface area contributed by atoms with E-state index in [2.05, 4.69) is 15.3 Å². The molecule has 2 aromatic heterocycles. The molecule has 0 atom stereocenters. The topological polar surface area (TPSA) is 91.9 Å². The molecule has 4 aromatic rings. The lowest BCUT2D eigenvalue weighted by molar-refractivity contribution is -0.113. The van der Waals surface area contributed by atoms with E-state index >= 15 is 0 Å². The van der Waals surface area contributed by atoms with Crippen LogP contribution in [-0.2, 0) is 4.79 Å². The van der Waals surface area contributed by atoms with E-state index < -0.39 is 0 Å². The van der Waals surface area contributed by atoms with Crippen LogP contribution >= 0.6 is 23.1 Å². The maximum absolute atomic E-state index is 12.8. The molecule has 156 valence electrons. The predicted octanol–water partition coefficient (Wildman–Crippen LogP) is 4.89. The SMILES string of the molecule is CC(=O)c1cccc(NC(=O)CSc2nc3sc(C)c(-c4ccccc4)c3c(=O)[nH]2)c1. The number of aromatic nitrogens is 2. The molecule has 2 aromatic carbocycles. The van der Waals surface area contributed by atoms with Crippen molar-refractivity contribution in [1.82, 2.24) is 9.97 Å². The van der Waals surface area contributed by atoms with E-state index in [1.165, 1.54) is 18.3 Å². The number of hydrogen-bond acceptors (Lipinski definition) is 6. The summed E-state index contributed by atoms with van der Waals surface area (Å²) < 4.78 is 0. The number of Topliss-reactive ketones (excluding diaryl/α,β-unsaturated/α-hetero) is 1. The predicted molar refractivity (Wildman–Crippen MR) is 126 cm³/mol. The van der Waals surface area contributed by atoms with Gasteiger partial charge in [0, 0.05) is 21.7 Å². The fraction of sp³-hybridized carbons (Fsp3) is 0.130. The van der Waals surface area contributed by atoms with Crippen molar-refractivity contribution in [3.63, 3.8) is 0 Å². The number of ketones is 1. The second-order valence-electron chi connectivity index (χ2n) is 6.92. The van der Waals surface area contributed by atoms with Gasteiger partial charge in [-0.05, 0) is 31.5 Å². The molecule has 0 aliphatic rings. The maximum Gasteiger partial charge on any atom is 0.260 e. The van der Waals surface area contributed by atoms with Crippen LogP contribution in [0.4, 0.5) is 5.69 Å². The van der Waals surface area contributed by atoms with Gasteiger partial charge < -0.3 is 10.3 Å². The number of hydrogen-bond donors (Lipinski definition) is 2. The molecule has 0 saturated carbocycles. The van der Waals surface area contributed by atoms with Crippen molar-refractivity contribution in [2.24, 2.45) is 0 Å². The minimum atomic E-state index is -0.249. The first-order valence-corrected chi connectivity index (χ1v) is 11.3. The number of carbonyl (C=O) groups is 2. The van der Waals surface area contributed by atoms with E-state index in [0.717, 1.165) is 27.8 Å². The molecule has 31 heavy (non-hydrogen) atoms. The minimum Gasteiger partial charge on any atom is -0.325 e. The summed E-state index contributed by atoms with van der Waals surface area (Å²) in [6, 6.07) is 16.5. The summed E-state index contributed by atoms with van der Waals surface area (Å²) in [6.45, 7) is 3.45. The second-order valence-corrected chi connectivity index (χ2v) is 9.09. The van der Waals surface area contributed by atoms with Crippen molar-refractivity contribution in [2.45, 2.75) is 19.0 Å². The molecule has 0 saturated heterocycles. The zero-order chi connectivity index (χ0) is 22.0. The summed E-state index contributed by atoms with van der Waals surface area (Å²) in [7, 11) is 0. The Bertz CT molecular complexity index is 1340. The Morgan fingerprint density at radius 3 is 2.65 bits per heavy atom. The molecule has 2 N–H and O–H groups in total. The fourth-order valence-electron chi connectivity index (χ4n) is 3.27. The Morgan fingerprint density at radius 1 is 1.13 bits per heavy atom. The highest BCUT2D eigenvalue weighted by molar-refractivity contribution is 7.99. The van der Waals surface area contributed by atoms with Gasteiger partial charge in [-0.1, -0.05) is 54.2 Å². The fourth-order valence-corrected chi connectivity index (χ4v) is 5.03. The number of aryl methyl sites for hydroxylation is 1. The van der Waals surface area contributed by atoms with Crippen LogP contribution in [-0.4, -0.2) is 27.4 Å². The molecule has 1 amide bonds. The van der Waals surface area contributed by atoms with E-state index in [4.69, 9.17) is 0 Å². The normalized spacial score (nSPS) is 10.9. The third-order valence-corrected chi connectivity index (χ3v) is 6.54. The van der Waals surface area contributed by atoms with Gasteiger partial charge in [-0.25, -0.2) is 4.98 Å². The smallest absolute Gasteiger partial charge is 0.260 e. The lowest BCUT2D eigenvalue weighted by Crippen LogP contribution is -2.15. The number of H-pyrrole nitrogens is 1. The average Bonchev–Trinajstić information content (AvgIpc) is 3.09. The van der Waals surface area contributed by atoms with Gasteiger partial charge in [-0.3, -0.25) is 14.4 Å². The number of thiophene rings is 1. The highest BCUT2D eigenvalue weighted by atomic mass is 32.2. The van der Waals surface area contributed by atoms with Gasteiger partial charge in [-0.15, -0.1) is 11.3 Å². The van der Waals surface area contributed by atoms with Crippen LogP contribution in [0.25, 0.3) is 21.3 Å². The van der Waals surface area contributed by atoms with Gasteiger partial charge in [0.15, 0.2) is 10.9 Å². The molecular weight excluding hydrogens is 430 g/mol. The number of nitrogens with one attached hydrogen (secondary N) is 2. The molecule has 0 aliphatic heterocycles. The third kappa shape index (κ3) is 4.60. The third-order valence-electron chi connectivity index (χ3n) is 4.67. The van der Waals surface area contributed by atoms with Crippen LogP contribution in [0.5, 0.6) is 0 Å². The van der Waals surface area contributed by atoms with E-state index in [9.17, 15) is 14.4 Å². The van der Waals surface area contributed by atoms with E-state index in [1.54, 1.807) is 24.3 Å². The molecule has 0 unspecified atom stereocenters. The monoisotopic (exact) mass is 449 g/mol. The zero-order valence-electron chi connectivity index (χ0n) is 16.9. The van der Waals surface area contributed by atoms with Gasteiger partial charge in [0.1, 0.15) is 4.83 Å². The highest BCUT2D eigenvalue weighted by Crippen LogP contribution is 2.35. The number of carbonyl (C=O) groups excluding carboxylic acids is 2. The summed E-state index contributed by atoms with van der Waals surface area (Å²) in [4.78, 5) is 45.6. The first kappa shape index (κ1) is 21.0. The maximum atomic E-state index is 12.8. The van der Waals surface area contributed by atoms with E-state index in [1.807, 2.05) is 37.3 Å². The molecule has 0 fully saturated rings. The van der Waals surface area contributed by atoms with Gasteiger partial charge in [0.25, 0.3) is 5.56 Å². The lowest BCUT2D eigenvalue weighted by Gasteiger charge is -2.06. The average molecular weight is 450 g/mol. The standard InChI is InChI=1S/C23H19N3O3S2/c1-13(27)16-9-6-10-17(11-16)24-18(28)12-30-23-25-21(29)20-19(14(2)31-22(20)26-23)15-7-4-3-5-8-15/h3-11H,12H2,1-2H3,(H,24,28)(H,25,26,29). The van der Waals surface area contributed by atoms with Gasteiger partial charge in [0.05, 0.1) is 11.1 Å². The van der Waals surface area contributed by atoms with E-state index in [0.29, 0.717) is 26.6 Å². The molecule has 0 aliphatic carbocycles. The van der Waals surface area contributed by atoms with Crippen LogP contribution < -0.4 is 10.9 Å². The summed E-state index contributed by atoms with van der Waals surface area (Å²) in [5, 5.41) is 3.73. The lowest BCUT2D eigenvalue weighted by atomic mass is 10.0. The van der Waals surface area contributed by atoms with Crippen molar-refractivity contribution in [1.29, 1.82) is 0 Å². The number of nitrogens with zero attached hydrogens (tertiary/aromatic N) is 1. The number of benzene rings is 2. The van der Waals surface area contributed by atoms with Crippen LogP contribution in [0.2, 0.25) is 0 Å². The summed E-state index contributed by atoms with van der Waals surface area (Å²) in [6.07, 6.45) is 0. The van der Waals surface area contributed by atoms with E-state index in [-0.39, 0.29) is 23.0 Å². The number of fused-ring (bicyclic) bond motifs is 1. The molecule has 4 rings (SSSR count). The van der Waals surface area contributed by atoms with Crippen molar-refractivity contribution in [3.8, 4) is 11.1 Å². The molecule has 6 nitrogen and oxygen atoms in total. The van der Waals surface area contributed by atoms with Gasteiger partial charge in [-0.2, -0.15) is 0 Å². The number of amides is 1. The number of rotatable bonds is 6. The van der Waals surface area contributed by atoms with Gasteiger partial charge in [0.2, 0.25) is 5.91 Å². The summed E-state index contributed by atoms with van der Waals surface area (Å²) in [5.74, 6) is -0.239. The van der Waals surface area contributed by atoms with Crippen LogP contribution in [0.1, 0.15) is 22.2 Å². The molecule has 0 bridgehead atoms. The van der Waals surface area contributed by atoms with Gasteiger partial charge >= 0.3 is 0 Å². The molecule has 2 heterocycles. The Hall–Kier alpha value is -3.23. The highest BCUT2D eigenvalue weighted by Gasteiger charge is 2.17. The molecule has 0 spiro atoms. The molecule has 0 radical (unpaired) electrons. The summed E-state index contributed by atoms with van der Waals surface area (Å²) in [5.41, 5.74) is 2.74. The summed E-state index contributed by atoms with van der Waals surface area (Å²) >= 11 is 2.63. The number of thioether (sulfide) groups is 1.